The summed E-state index contributed by atoms with van der Waals surface area (Å²) >= 11 is 3.35. The minimum Gasteiger partial charge on any atom is -0.481 e. The number of carbonyl (C=O) groups is 2. The first-order valence-corrected chi connectivity index (χ1v) is 6.67. The molecule has 6 heteroatoms. The van der Waals surface area contributed by atoms with Crippen molar-refractivity contribution in [2.24, 2.45) is 5.41 Å². The molecule has 0 saturated carbocycles. The summed E-state index contributed by atoms with van der Waals surface area (Å²) in [6.07, 6.45) is 0. The number of benzene rings is 1. The average molecular weight is 327 g/mol. The van der Waals surface area contributed by atoms with Crippen LogP contribution in [0.3, 0.4) is 0 Å². The number of anilines is 1. The smallest absolute Gasteiger partial charge is 0.310 e. The molecular weight excluding hydrogens is 312 g/mol. The third-order valence-corrected chi connectivity index (χ3v) is 3.62. The van der Waals surface area contributed by atoms with Crippen molar-refractivity contribution in [1.82, 2.24) is 4.90 Å². The number of carboxylic acid groups (broad SMARTS) is 1. The molecule has 1 aliphatic rings. The second-order valence-corrected chi connectivity index (χ2v) is 6.13. The SMILES string of the molecule is CC(C)(CN1CNc2cc(Br)ccc2C1=O)C(=O)O. The van der Waals surface area contributed by atoms with E-state index < -0.39 is 11.4 Å². The standard InChI is InChI=1S/C13H15BrN2O3/c1-13(2,12(18)19)6-16-7-15-10-5-8(14)3-4-9(10)11(16)17/h3-5,15H,6-7H2,1-2H3,(H,18,19). The lowest BCUT2D eigenvalue weighted by atomic mass is 9.92. The van der Waals surface area contributed by atoms with Crippen LogP contribution in [0, 0.1) is 5.41 Å². The lowest BCUT2D eigenvalue weighted by Gasteiger charge is -2.34. The molecule has 0 saturated heterocycles. The number of rotatable bonds is 3. The van der Waals surface area contributed by atoms with Crippen LogP contribution in [0.2, 0.25) is 0 Å². The summed E-state index contributed by atoms with van der Waals surface area (Å²) in [5.41, 5.74) is 0.365. The topological polar surface area (TPSA) is 69.6 Å². The average Bonchev–Trinajstić information content (AvgIpc) is 2.32. The van der Waals surface area contributed by atoms with Crippen molar-refractivity contribution in [3.63, 3.8) is 0 Å². The van der Waals surface area contributed by atoms with Gasteiger partial charge in [-0.2, -0.15) is 0 Å². The zero-order chi connectivity index (χ0) is 14.2. The van der Waals surface area contributed by atoms with Crippen LogP contribution in [0.25, 0.3) is 0 Å². The molecule has 19 heavy (non-hydrogen) atoms. The molecule has 0 aliphatic carbocycles. The number of hydrogen-bond acceptors (Lipinski definition) is 3. The molecule has 0 spiro atoms. The molecule has 2 rings (SSSR count). The fourth-order valence-corrected chi connectivity index (χ4v) is 2.31. The number of hydrogen-bond donors (Lipinski definition) is 2. The number of halogens is 1. The molecule has 5 nitrogen and oxygen atoms in total. The van der Waals surface area contributed by atoms with Crippen LogP contribution >= 0.6 is 15.9 Å². The summed E-state index contributed by atoms with van der Waals surface area (Å²) in [4.78, 5) is 25.0. The summed E-state index contributed by atoms with van der Waals surface area (Å²) in [5, 5.41) is 12.3. The first-order valence-electron chi connectivity index (χ1n) is 5.87. The third kappa shape index (κ3) is 2.73. The van der Waals surface area contributed by atoms with Crippen LogP contribution in [-0.4, -0.2) is 35.1 Å². The van der Waals surface area contributed by atoms with E-state index in [0.717, 1.165) is 10.2 Å². The van der Waals surface area contributed by atoms with E-state index >= 15 is 0 Å². The van der Waals surface area contributed by atoms with Crippen molar-refractivity contribution in [2.75, 3.05) is 18.5 Å². The Labute approximate surface area is 119 Å². The maximum Gasteiger partial charge on any atom is 0.310 e. The van der Waals surface area contributed by atoms with Crippen molar-refractivity contribution in [3.8, 4) is 0 Å². The van der Waals surface area contributed by atoms with Gasteiger partial charge in [-0.15, -0.1) is 0 Å². The zero-order valence-corrected chi connectivity index (χ0v) is 12.3. The van der Waals surface area contributed by atoms with Crippen molar-refractivity contribution < 1.29 is 14.7 Å². The molecule has 0 fully saturated rings. The number of carbonyl (C=O) groups excluding carboxylic acids is 1. The summed E-state index contributed by atoms with van der Waals surface area (Å²) in [6, 6.07) is 5.37. The fourth-order valence-electron chi connectivity index (χ4n) is 1.94. The molecular formula is C13H15BrN2O3. The van der Waals surface area contributed by atoms with Gasteiger partial charge in [0.15, 0.2) is 0 Å². The van der Waals surface area contributed by atoms with E-state index in [9.17, 15) is 9.59 Å². The van der Waals surface area contributed by atoms with E-state index in [0.29, 0.717) is 12.2 Å². The molecule has 1 amide bonds. The Hall–Kier alpha value is -1.56. The number of aliphatic carboxylic acids is 1. The van der Waals surface area contributed by atoms with Crippen LogP contribution in [-0.2, 0) is 4.79 Å². The normalized spacial score (nSPS) is 14.9. The molecule has 0 aromatic heterocycles. The summed E-state index contributed by atoms with van der Waals surface area (Å²) in [5.74, 6) is -1.06. The number of nitrogens with one attached hydrogen (secondary N) is 1. The van der Waals surface area contributed by atoms with Gasteiger partial charge in [0.05, 0.1) is 17.6 Å². The monoisotopic (exact) mass is 326 g/mol. The van der Waals surface area contributed by atoms with Gasteiger partial charge in [-0.05, 0) is 32.0 Å². The highest BCUT2D eigenvalue weighted by Gasteiger charge is 2.34. The van der Waals surface area contributed by atoms with E-state index in [2.05, 4.69) is 21.2 Å². The van der Waals surface area contributed by atoms with E-state index in [-0.39, 0.29) is 12.5 Å². The van der Waals surface area contributed by atoms with Crippen molar-refractivity contribution in [2.45, 2.75) is 13.8 Å². The minimum absolute atomic E-state index is 0.143. The first kappa shape index (κ1) is 13.9. The van der Waals surface area contributed by atoms with Crippen LogP contribution in [0.15, 0.2) is 22.7 Å². The highest BCUT2D eigenvalue weighted by Crippen LogP contribution is 2.28. The Balaban J connectivity index is 2.23. The van der Waals surface area contributed by atoms with Gasteiger partial charge in [0.1, 0.15) is 0 Å². The molecule has 1 aromatic rings. The van der Waals surface area contributed by atoms with E-state index in [1.165, 1.54) is 4.90 Å². The van der Waals surface area contributed by atoms with Gasteiger partial charge in [0.25, 0.3) is 5.91 Å². The molecule has 102 valence electrons. The molecule has 1 heterocycles. The van der Waals surface area contributed by atoms with Gasteiger partial charge in [0, 0.05) is 16.7 Å². The maximum atomic E-state index is 12.3. The molecule has 0 atom stereocenters. The zero-order valence-electron chi connectivity index (χ0n) is 10.7. The predicted octanol–water partition coefficient (Wildman–Crippen LogP) is 2.39. The number of fused-ring (bicyclic) bond motifs is 1. The molecule has 0 unspecified atom stereocenters. The van der Waals surface area contributed by atoms with Crippen LogP contribution in [0.5, 0.6) is 0 Å². The van der Waals surface area contributed by atoms with Gasteiger partial charge in [-0.25, -0.2) is 0 Å². The Morgan fingerprint density at radius 3 is 2.84 bits per heavy atom. The Morgan fingerprint density at radius 2 is 2.21 bits per heavy atom. The van der Waals surface area contributed by atoms with Crippen LogP contribution in [0.1, 0.15) is 24.2 Å². The molecule has 2 N–H and O–H groups in total. The van der Waals surface area contributed by atoms with Crippen molar-refractivity contribution >= 4 is 33.5 Å². The van der Waals surface area contributed by atoms with E-state index in [1.54, 1.807) is 26.0 Å². The molecule has 0 radical (unpaired) electrons. The number of carboxylic acids is 1. The summed E-state index contributed by atoms with van der Waals surface area (Å²) in [7, 11) is 0. The summed E-state index contributed by atoms with van der Waals surface area (Å²) in [6.45, 7) is 3.71. The lowest BCUT2D eigenvalue weighted by molar-refractivity contribution is -0.147. The Kier molecular flexibility index (Phi) is 3.54. The van der Waals surface area contributed by atoms with E-state index in [4.69, 9.17) is 5.11 Å². The van der Waals surface area contributed by atoms with Crippen molar-refractivity contribution in [3.05, 3.63) is 28.2 Å². The Morgan fingerprint density at radius 1 is 1.53 bits per heavy atom. The van der Waals surface area contributed by atoms with Crippen LogP contribution < -0.4 is 5.32 Å². The van der Waals surface area contributed by atoms with Gasteiger partial charge < -0.3 is 15.3 Å². The third-order valence-electron chi connectivity index (χ3n) is 3.12. The van der Waals surface area contributed by atoms with Crippen molar-refractivity contribution in [1.29, 1.82) is 0 Å². The molecule has 0 bridgehead atoms. The van der Waals surface area contributed by atoms with Gasteiger partial charge in [-0.3, -0.25) is 9.59 Å². The number of amides is 1. The number of nitrogens with zero attached hydrogens (tertiary/aromatic N) is 1. The predicted molar refractivity (Wildman–Crippen MR) is 75.1 cm³/mol. The highest BCUT2D eigenvalue weighted by molar-refractivity contribution is 9.10. The van der Waals surface area contributed by atoms with E-state index in [1.807, 2.05) is 6.07 Å². The Bertz CT molecular complexity index is 543. The second-order valence-electron chi connectivity index (χ2n) is 5.22. The quantitative estimate of drug-likeness (QED) is 0.894. The molecule has 1 aromatic carbocycles. The minimum atomic E-state index is -0.968. The summed E-state index contributed by atoms with van der Waals surface area (Å²) < 4.78 is 0.894. The van der Waals surface area contributed by atoms with Gasteiger partial charge in [0.2, 0.25) is 0 Å². The lowest BCUT2D eigenvalue weighted by Crippen LogP contribution is -2.47. The fraction of sp³-hybridized carbons (Fsp3) is 0.385. The van der Waals surface area contributed by atoms with Crippen LogP contribution in [0.4, 0.5) is 5.69 Å². The largest absolute Gasteiger partial charge is 0.481 e. The highest BCUT2D eigenvalue weighted by atomic mass is 79.9. The maximum absolute atomic E-state index is 12.3. The second kappa shape index (κ2) is 4.85. The van der Waals surface area contributed by atoms with Gasteiger partial charge >= 0.3 is 5.97 Å². The molecule has 1 aliphatic heterocycles. The first-order chi connectivity index (χ1) is 8.81. The van der Waals surface area contributed by atoms with Gasteiger partial charge in [-0.1, -0.05) is 15.9 Å².